The third-order valence-electron chi connectivity index (χ3n) is 4.26. The first-order chi connectivity index (χ1) is 11.3. The molecule has 1 unspecified atom stereocenters. The fraction of sp³-hybridized carbons (Fsp3) is 0.316. The van der Waals surface area contributed by atoms with Gasteiger partial charge in [0.15, 0.2) is 10.7 Å². The van der Waals surface area contributed by atoms with Crippen molar-refractivity contribution in [3.63, 3.8) is 0 Å². The molecule has 1 saturated heterocycles. The zero-order valence-electron chi connectivity index (χ0n) is 13.3. The lowest BCUT2D eigenvalue weighted by Gasteiger charge is -2.43. The molecule has 2 aromatic rings. The van der Waals surface area contributed by atoms with Gasteiger partial charge in [-0.3, -0.25) is 9.69 Å². The van der Waals surface area contributed by atoms with E-state index in [0.29, 0.717) is 13.2 Å². The first-order valence-corrected chi connectivity index (χ1v) is 9.05. The Morgan fingerprint density at radius 2 is 1.57 bits per heavy atom. The third kappa shape index (κ3) is 3.07. The van der Waals surface area contributed by atoms with Crippen molar-refractivity contribution in [2.24, 2.45) is 0 Å². The lowest BCUT2D eigenvalue weighted by Crippen LogP contribution is -2.53. The van der Waals surface area contributed by atoms with E-state index in [1.54, 1.807) is 11.8 Å². The molecule has 0 aromatic heterocycles. The highest BCUT2D eigenvalue weighted by molar-refractivity contribution is 8.00. The minimum Gasteiger partial charge on any atom is -0.379 e. The van der Waals surface area contributed by atoms with E-state index < -0.39 is 4.87 Å². The van der Waals surface area contributed by atoms with E-state index in [1.165, 1.54) is 0 Å². The maximum Gasteiger partial charge on any atom is 0.197 e. The molecule has 4 heteroatoms. The summed E-state index contributed by atoms with van der Waals surface area (Å²) < 4.78 is 5.50. The van der Waals surface area contributed by atoms with Crippen LogP contribution in [0.1, 0.15) is 15.9 Å². The molecule has 0 bridgehead atoms. The van der Waals surface area contributed by atoms with Gasteiger partial charge in [-0.2, -0.15) is 0 Å². The number of rotatable bonds is 5. The van der Waals surface area contributed by atoms with Crippen LogP contribution in [0.4, 0.5) is 0 Å². The van der Waals surface area contributed by atoms with Gasteiger partial charge in [0.1, 0.15) is 0 Å². The van der Waals surface area contributed by atoms with Crippen molar-refractivity contribution in [1.82, 2.24) is 4.90 Å². The van der Waals surface area contributed by atoms with Crippen LogP contribution in [-0.2, 0) is 9.61 Å². The average Bonchev–Trinajstić information content (AvgIpc) is 2.65. The minimum absolute atomic E-state index is 0.138. The fourth-order valence-electron chi connectivity index (χ4n) is 3.12. The Kier molecular flexibility index (Phi) is 5.16. The number of nitrogens with zero attached hydrogens (tertiary/aromatic N) is 1. The summed E-state index contributed by atoms with van der Waals surface area (Å²) in [5.74, 6) is 0.138. The number of hydrogen-bond donors (Lipinski definition) is 0. The molecule has 1 heterocycles. The van der Waals surface area contributed by atoms with Gasteiger partial charge in [-0.1, -0.05) is 60.7 Å². The van der Waals surface area contributed by atoms with Crippen LogP contribution in [0.3, 0.4) is 0 Å². The van der Waals surface area contributed by atoms with Crippen molar-refractivity contribution in [2.45, 2.75) is 4.87 Å². The summed E-state index contributed by atoms with van der Waals surface area (Å²) >= 11 is 1.60. The number of ether oxygens (including phenoxy) is 1. The summed E-state index contributed by atoms with van der Waals surface area (Å²) in [5, 5.41) is 0. The van der Waals surface area contributed by atoms with E-state index in [9.17, 15) is 4.79 Å². The van der Waals surface area contributed by atoms with Crippen LogP contribution in [0.25, 0.3) is 0 Å². The molecule has 3 rings (SSSR count). The Balaban J connectivity index is 2.10. The summed E-state index contributed by atoms with van der Waals surface area (Å²) in [4.78, 5) is 15.0. The van der Waals surface area contributed by atoms with Gasteiger partial charge < -0.3 is 4.74 Å². The van der Waals surface area contributed by atoms with E-state index in [0.717, 1.165) is 24.2 Å². The van der Waals surface area contributed by atoms with E-state index in [2.05, 4.69) is 4.90 Å². The number of Topliss-reactive ketones (excluding diaryl/α,β-unsaturated/α-hetero) is 1. The Bertz CT molecular complexity index is 641. The smallest absolute Gasteiger partial charge is 0.197 e. The van der Waals surface area contributed by atoms with Crippen molar-refractivity contribution in [2.75, 3.05) is 32.6 Å². The molecule has 0 radical (unpaired) electrons. The van der Waals surface area contributed by atoms with Gasteiger partial charge in [0.2, 0.25) is 0 Å². The monoisotopic (exact) mass is 327 g/mol. The van der Waals surface area contributed by atoms with Crippen LogP contribution < -0.4 is 0 Å². The molecule has 3 nitrogen and oxygen atoms in total. The Morgan fingerprint density at radius 1 is 1.00 bits per heavy atom. The average molecular weight is 327 g/mol. The number of carbonyl (C=O) groups excluding carboxylic acids is 1. The highest BCUT2D eigenvalue weighted by Gasteiger charge is 2.45. The number of morpholine rings is 1. The topological polar surface area (TPSA) is 29.5 Å². The molecule has 0 aliphatic carbocycles. The second-order valence-electron chi connectivity index (χ2n) is 5.51. The number of thioether (sulfide) groups is 1. The lowest BCUT2D eigenvalue weighted by atomic mass is 9.94. The molecule has 0 amide bonds. The number of hydrogen-bond acceptors (Lipinski definition) is 4. The Morgan fingerprint density at radius 3 is 2.13 bits per heavy atom. The summed E-state index contributed by atoms with van der Waals surface area (Å²) in [6.45, 7) is 2.84. The van der Waals surface area contributed by atoms with Crippen molar-refractivity contribution < 1.29 is 9.53 Å². The predicted molar refractivity (Wildman–Crippen MR) is 94.8 cm³/mol. The summed E-state index contributed by atoms with van der Waals surface area (Å²) in [5.41, 5.74) is 1.78. The van der Waals surface area contributed by atoms with Crippen LogP contribution in [-0.4, -0.2) is 43.2 Å². The number of carbonyl (C=O) groups is 1. The molecule has 1 fully saturated rings. The van der Waals surface area contributed by atoms with Crippen LogP contribution in [0.2, 0.25) is 0 Å². The second kappa shape index (κ2) is 7.30. The molecule has 0 spiro atoms. The summed E-state index contributed by atoms with van der Waals surface area (Å²) in [6, 6.07) is 19.7. The predicted octanol–water partition coefficient (Wildman–Crippen LogP) is 3.42. The van der Waals surface area contributed by atoms with Gasteiger partial charge in [0.25, 0.3) is 0 Å². The molecule has 23 heavy (non-hydrogen) atoms. The third-order valence-corrected chi connectivity index (χ3v) is 5.53. The molecule has 120 valence electrons. The minimum atomic E-state index is -0.702. The van der Waals surface area contributed by atoms with Crippen LogP contribution in [0.15, 0.2) is 60.7 Å². The van der Waals surface area contributed by atoms with Crippen LogP contribution in [0.5, 0.6) is 0 Å². The first kappa shape index (κ1) is 16.2. The van der Waals surface area contributed by atoms with E-state index in [-0.39, 0.29) is 5.78 Å². The Hall–Kier alpha value is -1.62. The molecule has 1 aliphatic rings. The SMILES string of the molecule is CSC(C(=O)c1ccccc1)(c1ccccc1)N1CCOCC1. The molecule has 0 N–H and O–H groups in total. The van der Waals surface area contributed by atoms with Gasteiger partial charge >= 0.3 is 0 Å². The van der Waals surface area contributed by atoms with Crippen molar-refractivity contribution in [3.8, 4) is 0 Å². The zero-order valence-corrected chi connectivity index (χ0v) is 14.1. The standard InChI is InChI=1S/C19H21NO2S/c1-23-19(17-10-6-3-7-11-17,20-12-14-22-15-13-20)18(21)16-8-4-2-5-9-16/h2-11H,12-15H2,1H3. The molecule has 0 saturated carbocycles. The highest BCUT2D eigenvalue weighted by Crippen LogP contribution is 2.41. The fourth-order valence-corrected chi connectivity index (χ4v) is 4.24. The van der Waals surface area contributed by atoms with Gasteiger partial charge in [-0.25, -0.2) is 0 Å². The van der Waals surface area contributed by atoms with E-state index in [4.69, 9.17) is 4.74 Å². The molecule has 1 aliphatic heterocycles. The van der Waals surface area contributed by atoms with Crippen molar-refractivity contribution in [3.05, 3.63) is 71.8 Å². The summed E-state index contributed by atoms with van der Waals surface area (Å²) in [6.07, 6.45) is 2.02. The molecule has 2 aromatic carbocycles. The maximum atomic E-state index is 13.5. The van der Waals surface area contributed by atoms with Gasteiger partial charge in [0.05, 0.1) is 13.2 Å². The quantitative estimate of drug-likeness (QED) is 0.787. The number of benzene rings is 2. The van der Waals surface area contributed by atoms with Crippen molar-refractivity contribution >= 4 is 17.5 Å². The first-order valence-electron chi connectivity index (χ1n) is 7.82. The summed E-state index contributed by atoms with van der Waals surface area (Å²) in [7, 11) is 0. The Labute approximate surface area is 141 Å². The van der Waals surface area contributed by atoms with Crippen LogP contribution in [0, 0.1) is 0 Å². The zero-order chi connectivity index (χ0) is 16.1. The maximum absolute atomic E-state index is 13.5. The molecular weight excluding hydrogens is 306 g/mol. The van der Waals surface area contributed by atoms with Gasteiger partial charge in [0, 0.05) is 18.7 Å². The highest BCUT2D eigenvalue weighted by atomic mass is 32.2. The lowest BCUT2D eigenvalue weighted by molar-refractivity contribution is 0.00882. The molecule has 1 atom stereocenters. The van der Waals surface area contributed by atoms with Gasteiger partial charge in [-0.15, -0.1) is 11.8 Å². The molecular formula is C19H21NO2S. The van der Waals surface area contributed by atoms with E-state index in [1.807, 2.05) is 66.9 Å². The van der Waals surface area contributed by atoms with Crippen molar-refractivity contribution in [1.29, 1.82) is 0 Å². The normalized spacial score (nSPS) is 18.3. The second-order valence-corrected chi connectivity index (χ2v) is 6.51. The number of ketones is 1. The van der Waals surface area contributed by atoms with E-state index >= 15 is 0 Å². The van der Waals surface area contributed by atoms with Crippen LogP contribution >= 0.6 is 11.8 Å². The van der Waals surface area contributed by atoms with Gasteiger partial charge in [-0.05, 0) is 11.8 Å². The largest absolute Gasteiger partial charge is 0.379 e.